The molecular weight excluding hydrogens is 174 g/mol. The van der Waals surface area contributed by atoms with E-state index < -0.39 is 0 Å². The van der Waals surface area contributed by atoms with Crippen LogP contribution >= 0.6 is 0 Å². The molecule has 2 fully saturated rings. The van der Waals surface area contributed by atoms with Crippen LogP contribution in [0.2, 0.25) is 0 Å². The molecule has 2 rings (SSSR count). The third-order valence-corrected chi connectivity index (χ3v) is 3.50. The second kappa shape index (κ2) is 5.13. The van der Waals surface area contributed by atoms with Gasteiger partial charge in [-0.1, -0.05) is 27.7 Å². The molecule has 2 aliphatic heterocycles. The Morgan fingerprint density at radius 1 is 1.36 bits per heavy atom. The molecule has 2 aliphatic rings. The van der Waals surface area contributed by atoms with Crippen LogP contribution < -0.4 is 5.32 Å². The summed E-state index contributed by atoms with van der Waals surface area (Å²) in [5, 5.41) is 3.64. The van der Waals surface area contributed by atoms with Crippen molar-refractivity contribution in [1.29, 1.82) is 0 Å². The maximum absolute atomic E-state index is 5.50. The normalized spacial score (nSPS) is 36.2. The first kappa shape index (κ1) is 12.0. The second-order valence-electron chi connectivity index (χ2n) is 4.52. The van der Waals surface area contributed by atoms with Gasteiger partial charge in [0, 0.05) is 12.1 Å². The van der Waals surface area contributed by atoms with E-state index in [2.05, 4.69) is 19.2 Å². The van der Waals surface area contributed by atoms with Gasteiger partial charge >= 0.3 is 0 Å². The van der Waals surface area contributed by atoms with Crippen molar-refractivity contribution in [3.8, 4) is 0 Å². The van der Waals surface area contributed by atoms with E-state index in [4.69, 9.17) is 4.74 Å². The van der Waals surface area contributed by atoms with Gasteiger partial charge in [0.1, 0.15) is 0 Å². The molecule has 2 saturated heterocycles. The molecule has 0 aromatic heterocycles. The molecule has 2 heteroatoms. The summed E-state index contributed by atoms with van der Waals surface area (Å²) in [6.45, 7) is 11.7. The van der Waals surface area contributed by atoms with E-state index in [1.54, 1.807) is 0 Å². The average molecular weight is 199 g/mol. The lowest BCUT2D eigenvalue weighted by Gasteiger charge is -2.32. The van der Waals surface area contributed by atoms with Crippen LogP contribution in [0.4, 0.5) is 0 Å². The third kappa shape index (κ3) is 2.12. The highest BCUT2D eigenvalue weighted by Gasteiger charge is 2.46. The van der Waals surface area contributed by atoms with Crippen LogP contribution in [0, 0.1) is 11.8 Å². The van der Waals surface area contributed by atoms with Crippen molar-refractivity contribution in [1.82, 2.24) is 5.32 Å². The third-order valence-electron chi connectivity index (χ3n) is 3.50. The first-order valence-electron chi connectivity index (χ1n) is 6.07. The summed E-state index contributed by atoms with van der Waals surface area (Å²) in [6.07, 6.45) is 2.55. The van der Waals surface area contributed by atoms with E-state index in [1.807, 2.05) is 13.8 Å². The zero-order valence-corrected chi connectivity index (χ0v) is 10.1. The number of hydrogen-bond donors (Lipinski definition) is 1. The van der Waals surface area contributed by atoms with Gasteiger partial charge in [-0.05, 0) is 31.2 Å². The predicted molar refractivity (Wildman–Crippen MR) is 60.5 cm³/mol. The molecule has 0 bridgehead atoms. The summed E-state index contributed by atoms with van der Waals surface area (Å²) < 4.78 is 5.50. The van der Waals surface area contributed by atoms with Crippen LogP contribution in [-0.2, 0) is 4.74 Å². The quantitative estimate of drug-likeness (QED) is 0.700. The van der Waals surface area contributed by atoms with E-state index in [0.717, 1.165) is 25.0 Å². The van der Waals surface area contributed by atoms with Crippen molar-refractivity contribution in [2.45, 2.75) is 46.1 Å². The summed E-state index contributed by atoms with van der Waals surface area (Å²) in [5.41, 5.74) is 0.355. The van der Waals surface area contributed by atoms with Crippen LogP contribution in [0.1, 0.15) is 40.5 Å². The van der Waals surface area contributed by atoms with Crippen LogP contribution in [0.15, 0.2) is 0 Å². The van der Waals surface area contributed by atoms with Gasteiger partial charge in [-0.15, -0.1) is 0 Å². The van der Waals surface area contributed by atoms with E-state index >= 15 is 0 Å². The molecule has 2 unspecified atom stereocenters. The van der Waals surface area contributed by atoms with E-state index in [0.29, 0.717) is 5.54 Å². The van der Waals surface area contributed by atoms with Crippen LogP contribution in [0.25, 0.3) is 0 Å². The minimum Gasteiger partial charge on any atom is -0.379 e. The lowest BCUT2D eigenvalue weighted by Crippen LogP contribution is -2.47. The van der Waals surface area contributed by atoms with Crippen LogP contribution in [-0.4, -0.2) is 25.3 Å². The maximum atomic E-state index is 5.50. The highest BCUT2D eigenvalue weighted by Crippen LogP contribution is 2.38. The van der Waals surface area contributed by atoms with Crippen molar-refractivity contribution < 1.29 is 4.74 Å². The lowest BCUT2D eigenvalue weighted by atomic mass is 9.78. The molecule has 1 spiro atoms. The Morgan fingerprint density at radius 2 is 2.07 bits per heavy atom. The van der Waals surface area contributed by atoms with Crippen LogP contribution in [0.5, 0.6) is 0 Å². The van der Waals surface area contributed by atoms with E-state index in [9.17, 15) is 0 Å². The Hall–Kier alpha value is -0.0800. The van der Waals surface area contributed by atoms with Gasteiger partial charge < -0.3 is 10.1 Å². The van der Waals surface area contributed by atoms with E-state index in [-0.39, 0.29) is 0 Å². The summed E-state index contributed by atoms with van der Waals surface area (Å²) in [4.78, 5) is 0. The summed E-state index contributed by atoms with van der Waals surface area (Å²) >= 11 is 0. The number of nitrogens with one attached hydrogen (secondary N) is 1. The van der Waals surface area contributed by atoms with Crippen molar-refractivity contribution in [2.75, 3.05) is 19.8 Å². The SMILES string of the molecule is CC.CC(C)C1CCNC12CCOC2. The molecule has 2 atom stereocenters. The minimum atomic E-state index is 0.355. The summed E-state index contributed by atoms with van der Waals surface area (Å²) in [5.74, 6) is 1.63. The zero-order chi connectivity index (χ0) is 10.6. The second-order valence-corrected chi connectivity index (χ2v) is 4.52. The van der Waals surface area contributed by atoms with Crippen molar-refractivity contribution >= 4 is 0 Å². The Morgan fingerprint density at radius 3 is 2.57 bits per heavy atom. The molecule has 0 amide bonds. The van der Waals surface area contributed by atoms with Crippen molar-refractivity contribution in [3.05, 3.63) is 0 Å². The smallest absolute Gasteiger partial charge is 0.0651 e. The first-order chi connectivity index (χ1) is 6.75. The van der Waals surface area contributed by atoms with Gasteiger partial charge in [-0.25, -0.2) is 0 Å². The lowest BCUT2D eigenvalue weighted by molar-refractivity contribution is 0.142. The molecule has 2 heterocycles. The minimum absolute atomic E-state index is 0.355. The summed E-state index contributed by atoms with van der Waals surface area (Å²) in [6, 6.07) is 0. The first-order valence-corrected chi connectivity index (χ1v) is 6.07. The molecule has 0 aromatic carbocycles. The number of hydrogen-bond acceptors (Lipinski definition) is 2. The largest absolute Gasteiger partial charge is 0.379 e. The number of ether oxygens (including phenoxy) is 1. The molecule has 0 aliphatic carbocycles. The van der Waals surface area contributed by atoms with Crippen LogP contribution in [0.3, 0.4) is 0 Å². The molecule has 0 radical (unpaired) electrons. The van der Waals surface area contributed by atoms with Crippen molar-refractivity contribution in [2.24, 2.45) is 11.8 Å². The molecule has 0 aromatic rings. The molecular formula is C12H25NO. The maximum Gasteiger partial charge on any atom is 0.0651 e. The van der Waals surface area contributed by atoms with Gasteiger partial charge in [0.05, 0.1) is 6.61 Å². The predicted octanol–water partition coefficient (Wildman–Crippen LogP) is 2.44. The number of rotatable bonds is 1. The van der Waals surface area contributed by atoms with E-state index in [1.165, 1.54) is 19.4 Å². The standard InChI is InChI=1S/C10H19NO.C2H6/c1-8(2)9-3-5-11-10(9)4-6-12-7-10;1-2/h8-9,11H,3-7H2,1-2H3;1-2H3. The van der Waals surface area contributed by atoms with Gasteiger partial charge in [0.2, 0.25) is 0 Å². The Bertz CT molecular complexity index is 156. The van der Waals surface area contributed by atoms with Crippen molar-refractivity contribution in [3.63, 3.8) is 0 Å². The summed E-state index contributed by atoms with van der Waals surface area (Å²) in [7, 11) is 0. The molecule has 0 saturated carbocycles. The Balaban J connectivity index is 0.000000461. The van der Waals surface area contributed by atoms with Gasteiger partial charge in [-0.3, -0.25) is 0 Å². The zero-order valence-electron chi connectivity index (χ0n) is 10.1. The molecule has 14 heavy (non-hydrogen) atoms. The highest BCUT2D eigenvalue weighted by atomic mass is 16.5. The Labute approximate surface area is 88.4 Å². The van der Waals surface area contributed by atoms with Gasteiger partial charge in [0.25, 0.3) is 0 Å². The molecule has 2 nitrogen and oxygen atoms in total. The molecule has 1 N–H and O–H groups in total. The van der Waals surface area contributed by atoms with Gasteiger partial charge in [0.15, 0.2) is 0 Å². The fourth-order valence-electron chi connectivity index (χ4n) is 2.87. The molecule has 84 valence electrons. The monoisotopic (exact) mass is 199 g/mol. The fraction of sp³-hybridized carbons (Fsp3) is 1.00. The topological polar surface area (TPSA) is 21.3 Å². The average Bonchev–Trinajstić information content (AvgIpc) is 2.80. The Kier molecular flexibility index (Phi) is 4.39. The fourth-order valence-corrected chi connectivity index (χ4v) is 2.87. The van der Waals surface area contributed by atoms with Gasteiger partial charge in [-0.2, -0.15) is 0 Å². The highest BCUT2D eigenvalue weighted by molar-refractivity contribution is 5.02.